The number of halogens is 1. The molecular formula is C13H17BrN2O4. The zero-order valence-electron chi connectivity index (χ0n) is 11.1. The van der Waals surface area contributed by atoms with E-state index >= 15 is 0 Å². The number of nitrogens with one attached hydrogen (secondary N) is 1. The van der Waals surface area contributed by atoms with E-state index in [0.29, 0.717) is 17.4 Å². The maximum absolute atomic E-state index is 12.0. The van der Waals surface area contributed by atoms with Gasteiger partial charge in [0.15, 0.2) is 0 Å². The number of nitro groups is 1. The first-order valence-electron chi connectivity index (χ1n) is 6.32. The van der Waals surface area contributed by atoms with Crippen molar-refractivity contribution in [1.82, 2.24) is 5.32 Å². The highest BCUT2D eigenvalue weighted by Crippen LogP contribution is 2.21. The molecule has 1 aromatic carbocycles. The van der Waals surface area contributed by atoms with Gasteiger partial charge in [-0.3, -0.25) is 14.9 Å². The fourth-order valence-electron chi connectivity index (χ4n) is 1.78. The molecule has 6 nitrogen and oxygen atoms in total. The third kappa shape index (κ3) is 4.90. The van der Waals surface area contributed by atoms with Crippen LogP contribution in [-0.4, -0.2) is 29.1 Å². The Balaban J connectivity index is 2.74. The van der Waals surface area contributed by atoms with Gasteiger partial charge in [0.05, 0.1) is 4.92 Å². The van der Waals surface area contributed by atoms with Crippen LogP contribution in [0.25, 0.3) is 0 Å². The number of aliphatic hydroxyl groups excluding tert-OH is 1. The van der Waals surface area contributed by atoms with E-state index in [9.17, 15) is 14.9 Å². The largest absolute Gasteiger partial charge is 0.396 e. The molecule has 20 heavy (non-hydrogen) atoms. The zero-order chi connectivity index (χ0) is 15.1. The molecule has 0 saturated heterocycles. The van der Waals surface area contributed by atoms with Gasteiger partial charge in [-0.1, -0.05) is 29.3 Å². The van der Waals surface area contributed by atoms with E-state index < -0.39 is 4.92 Å². The summed E-state index contributed by atoms with van der Waals surface area (Å²) in [5.74, 6) is -0.156. The number of rotatable bonds is 7. The van der Waals surface area contributed by atoms with E-state index in [4.69, 9.17) is 5.11 Å². The molecule has 1 atom stereocenters. The molecule has 1 amide bonds. The Hall–Kier alpha value is -1.47. The monoisotopic (exact) mass is 344 g/mol. The highest BCUT2D eigenvalue weighted by atomic mass is 79.9. The molecular weight excluding hydrogens is 328 g/mol. The van der Waals surface area contributed by atoms with Gasteiger partial charge in [0.25, 0.3) is 11.6 Å². The summed E-state index contributed by atoms with van der Waals surface area (Å²) in [5.41, 5.74) is 0.108. The van der Waals surface area contributed by atoms with Crippen LogP contribution in [0.5, 0.6) is 0 Å². The summed E-state index contributed by atoms with van der Waals surface area (Å²) >= 11 is 3.15. The van der Waals surface area contributed by atoms with Crippen molar-refractivity contribution in [3.8, 4) is 0 Å². The molecule has 2 N–H and O–H groups in total. The summed E-state index contributed by atoms with van der Waals surface area (Å²) in [6.45, 7) is 2.50. The van der Waals surface area contributed by atoms with Gasteiger partial charge in [-0.25, -0.2) is 0 Å². The van der Waals surface area contributed by atoms with Crippen molar-refractivity contribution in [2.75, 3.05) is 13.2 Å². The van der Waals surface area contributed by atoms with Gasteiger partial charge >= 0.3 is 0 Å². The van der Waals surface area contributed by atoms with Gasteiger partial charge in [0.2, 0.25) is 0 Å². The van der Waals surface area contributed by atoms with Gasteiger partial charge in [0.1, 0.15) is 0 Å². The Morgan fingerprint density at radius 2 is 2.20 bits per heavy atom. The average Bonchev–Trinajstić information content (AvgIpc) is 2.42. The second-order valence-electron chi connectivity index (χ2n) is 4.45. The number of benzene rings is 1. The Morgan fingerprint density at radius 1 is 1.50 bits per heavy atom. The minimum absolute atomic E-state index is 0.0801. The average molecular weight is 345 g/mol. The van der Waals surface area contributed by atoms with E-state index in [1.807, 2.05) is 6.92 Å². The van der Waals surface area contributed by atoms with Crippen LogP contribution >= 0.6 is 15.9 Å². The second kappa shape index (κ2) is 7.96. The number of hydrogen-bond donors (Lipinski definition) is 2. The van der Waals surface area contributed by atoms with Crippen LogP contribution in [-0.2, 0) is 0 Å². The molecule has 7 heteroatoms. The van der Waals surface area contributed by atoms with Gasteiger partial charge in [-0.2, -0.15) is 0 Å². The summed E-state index contributed by atoms with van der Waals surface area (Å²) < 4.78 is 0.485. The smallest absolute Gasteiger partial charge is 0.271 e. The third-order valence-corrected chi connectivity index (χ3v) is 3.48. The van der Waals surface area contributed by atoms with Gasteiger partial charge in [-0.15, -0.1) is 0 Å². The van der Waals surface area contributed by atoms with E-state index in [2.05, 4.69) is 21.2 Å². The predicted molar refractivity (Wildman–Crippen MR) is 78.6 cm³/mol. The highest BCUT2D eigenvalue weighted by molar-refractivity contribution is 9.10. The van der Waals surface area contributed by atoms with Crippen molar-refractivity contribution in [2.24, 2.45) is 5.92 Å². The van der Waals surface area contributed by atoms with Crippen molar-refractivity contribution in [2.45, 2.75) is 19.8 Å². The van der Waals surface area contributed by atoms with E-state index in [-0.39, 0.29) is 29.7 Å². The number of amides is 1. The minimum atomic E-state index is -0.540. The molecule has 0 saturated carbocycles. The molecule has 0 spiro atoms. The van der Waals surface area contributed by atoms with Crippen LogP contribution in [0.15, 0.2) is 22.7 Å². The number of carbonyl (C=O) groups excluding carboxylic acids is 1. The number of nitro benzene ring substituents is 1. The molecule has 0 heterocycles. The standard InChI is InChI=1S/C13H17BrN2O4/c1-2-9(3-4-17)8-15-13(18)10-5-11(14)7-12(6-10)16(19)20/h5-7,9,17H,2-4,8H2,1H3,(H,15,18). The normalized spacial score (nSPS) is 11.9. The second-order valence-corrected chi connectivity index (χ2v) is 5.37. The topological polar surface area (TPSA) is 92.5 Å². The number of nitrogens with zero attached hydrogens (tertiary/aromatic N) is 1. The van der Waals surface area contributed by atoms with Gasteiger partial charge < -0.3 is 10.4 Å². The highest BCUT2D eigenvalue weighted by Gasteiger charge is 2.15. The number of carbonyl (C=O) groups is 1. The van der Waals surface area contributed by atoms with Gasteiger partial charge in [-0.05, 0) is 18.4 Å². The molecule has 1 rings (SSSR count). The van der Waals surface area contributed by atoms with Crippen LogP contribution in [0.2, 0.25) is 0 Å². The van der Waals surface area contributed by atoms with Crippen molar-refractivity contribution >= 4 is 27.5 Å². The SMILES string of the molecule is CCC(CCO)CNC(=O)c1cc(Br)cc([N+](=O)[O-])c1. The quantitative estimate of drug-likeness (QED) is 0.587. The van der Waals surface area contributed by atoms with Gasteiger partial charge in [0, 0.05) is 35.3 Å². The molecule has 110 valence electrons. The lowest BCUT2D eigenvalue weighted by atomic mass is 10.0. The molecule has 0 radical (unpaired) electrons. The van der Waals surface area contributed by atoms with E-state index in [0.717, 1.165) is 6.42 Å². The lowest BCUT2D eigenvalue weighted by Gasteiger charge is -2.14. The van der Waals surface area contributed by atoms with Crippen LogP contribution in [0.4, 0.5) is 5.69 Å². The Bertz CT molecular complexity index is 493. The summed E-state index contributed by atoms with van der Waals surface area (Å²) in [4.78, 5) is 22.2. The maximum atomic E-state index is 12.0. The van der Waals surface area contributed by atoms with Crippen LogP contribution < -0.4 is 5.32 Å². The first-order chi connectivity index (χ1) is 9.47. The molecule has 0 aromatic heterocycles. The van der Waals surface area contributed by atoms with E-state index in [1.165, 1.54) is 18.2 Å². The lowest BCUT2D eigenvalue weighted by Crippen LogP contribution is -2.29. The molecule has 0 aliphatic carbocycles. The van der Waals surface area contributed by atoms with Crippen molar-refractivity contribution in [1.29, 1.82) is 0 Å². The Kier molecular flexibility index (Phi) is 6.60. The van der Waals surface area contributed by atoms with Crippen LogP contribution in [0, 0.1) is 16.0 Å². The molecule has 0 aliphatic heterocycles. The predicted octanol–water partition coefficient (Wildman–Crippen LogP) is 2.50. The van der Waals surface area contributed by atoms with Crippen molar-refractivity contribution in [3.63, 3.8) is 0 Å². The third-order valence-electron chi connectivity index (χ3n) is 3.02. The summed E-state index contributed by atoms with van der Waals surface area (Å²) in [5, 5.41) is 22.4. The minimum Gasteiger partial charge on any atom is -0.396 e. The molecule has 1 unspecified atom stereocenters. The van der Waals surface area contributed by atoms with Crippen LogP contribution in [0.3, 0.4) is 0 Å². The summed E-state index contributed by atoms with van der Waals surface area (Å²) in [6, 6.07) is 4.12. The van der Waals surface area contributed by atoms with Crippen molar-refractivity contribution in [3.05, 3.63) is 38.3 Å². The number of non-ortho nitro benzene ring substituents is 1. The fourth-order valence-corrected chi connectivity index (χ4v) is 2.26. The van der Waals surface area contributed by atoms with Crippen LogP contribution in [0.1, 0.15) is 30.1 Å². The van der Waals surface area contributed by atoms with Crippen molar-refractivity contribution < 1.29 is 14.8 Å². The summed E-state index contributed by atoms with van der Waals surface area (Å²) in [6.07, 6.45) is 1.47. The molecule has 0 bridgehead atoms. The lowest BCUT2D eigenvalue weighted by molar-refractivity contribution is -0.385. The number of hydrogen-bond acceptors (Lipinski definition) is 4. The first kappa shape index (κ1) is 16.6. The molecule has 1 aromatic rings. The van der Waals surface area contributed by atoms with E-state index in [1.54, 1.807) is 0 Å². The zero-order valence-corrected chi connectivity index (χ0v) is 12.7. The fraction of sp³-hybridized carbons (Fsp3) is 0.462. The molecule has 0 fully saturated rings. The molecule has 0 aliphatic rings. The Morgan fingerprint density at radius 3 is 2.75 bits per heavy atom. The Labute approximate surface area is 125 Å². The summed E-state index contributed by atoms with van der Waals surface area (Å²) in [7, 11) is 0. The number of aliphatic hydroxyl groups is 1. The maximum Gasteiger partial charge on any atom is 0.271 e. The first-order valence-corrected chi connectivity index (χ1v) is 7.11.